The van der Waals surface area contributed by atoms with Crippen LogP contribution in [0.4, 0.5) is 42.9 Å². The maximum absolute atomic E-state index is 13.3. The molecule has 0 saturated carbocycles. The Morgan fingerprint density at radius 1 is 0.654 bits per heavy atom. The highest BCUT2D eigenvalue weighted by Crippen LogP contribution is 2.33. The molecule has 4 aliphatic heterocycles. The first-order valence-electron chi connectivity index (χ1n) is 17.3. The largest absolute Gasteiger partial charge is 0.378 e. The van der Waals surface area contributed by atoms with Crippen LogP contribution in [0.25, 0.3) is 11.1 Å². The molecule has 2 saturated heterocycles. The van der Waals surface area contributed by atoms with Gasteiger partial charge in [-0.2, -0.15) is 0 Å². The Morgan fingerprint density at radius 3 is 1.56 bits per heavy atom. The number of nitrogens with zero attached hydrogens (tertiary/aromatic N) is 2. The third kappa shape index (κ3) is 7.93. The smallest absolute Gasteiger partial charge is 0.257 e. The van der Waals surface area contributed by atoms with Gasteiger partial charge in [0.15, 0.2) is 0 Å². The Morgan fingerprint density at radius 2 is 1.10 bits per heavy atom. The van der Waals surface area contributed by atoms with Crippen molar-refractivity contribution in [1.82, 2.24) is 0 Å². The molecule has 52 heavy (non-hydrogen) atoms. The molecule has 4 aliphatic rings. The quantitative estimate of drug-likeness (QED) is 0.160. The van der Waals surface area contributed by atoms with Gasteiger partial charge >= 0.3 is 0 Å². The summed E-state index contributed by atoms with van der Waals surface area (Å²) in [5.41, 5.74) is 7.44. The Bertz CT molecular complexity index is 2000. The average molecular weight is 707 g/mol. The van der Waals surface area contributed by atoms with Crippen LogP contribution >= 0.6 is 0 Å². The molecule has 0 radical (unpaired) electrons. The molecule has 0 bridgehead atoms. The number of anilines is 6. The van der Waals surface area contributed by atoms with Gasteiger partial charge in [-0.05, 0) is 98.8 Å². The molecule has 4 N–H and O–H groups in total. The Balaban J connectivity index is 0.000000162. The summed E-state index contributed by atoms with van der Waals surface area (Å²) in [5.74, 6) is -1.22. The minimum atomic E-state index is -0.370. The number of carbonyl (C=O) groups excluding carboxylic acids is 2. The van der Waals surface area contributed by atoms with Gasteiger partial charge in [0, 0.05) is 72.5 Å². The van der Waals surface area contributed by atoms with Crippen LogP contribution in [0.5, 0.6) is 0 Å². The van der Waals surface area contributed by atoms with Crippen molar-refractivity contribution < 1.29 is 27.8 Å². The van der Waals surface area contributed by atoms with Crippen LogP contribution in [0, 0.1) is 11.6 Å². The van der Waals surface area contributed by atoms with E-state index in [1.807, 2.05) is 36.4 Å². The van der Waals surface area contributed by atoms with E-state index >= 15 is 0 Å². The second-order valence-electron chi connectivity index (χ2n) is 13.0. The molecule has 0 aliphatic carbocycles. The fourth-order valence-electron chi connectivity index (χ4n) is 6.68. The van der Waals surface area contributed by atoms with Gasteiger partial charge in [-0.3, -0.25) is 9.59 Å². The Labute approximate surface area is 301 Å². The van der Waals surface area contributed by atoms with Crippen molar-refractivity contribution in [3.63, 3.8) is 0 Å². The maximum atomic E-state index is 13.3. The van der Waals surface area contributed by atoms with Gasteiger partial charge in [-0.15, -0.1) is 0 Å². The molecule has 2 unspecified atom stereocenters. The predicted octanol–water partition coefficient (Wildman–Crippen LogP) is 6.91. The van der Waals surface area contributed by atoms with Gasteiger partial charge < -0.3 is 40.5 Å². The average Bonchev–Trinajstić information content (AvgIpc) is 3.63. The first kappa shape index (κ1) is 34.7. The molecule has 0 spiro atoms. The summed E-state index contributed by atoms with van der Waals surface area (Å²) in [6.07, 6.45) is 3.74. The summed E-state index contributed by atoms with van der Waals surface area (Å²) in [4.78, 5) is 28.8. The van der Waals surface area contributed by atoms with Gasteiger partial charge in [-0.1, -0.05) is 0 Å². The predicted molar refractivity (Wildman–Crippen MR) is 201 cm³/mol. The number of hydrogen-bond donors (Lipinski definition) is 4. The van der Waals surface area contributed by atoms with Crippen LogP contribution in [0.1, 0.15) is 25.0 Å². The summed E-state index contributed by atoms with van der Waals surface area (Å²) < 4.78 is 37.7. The van der Waals surface area contributed by atoms with E-state index in [9.17, 15) is 18.4 Å². The van der Waals surface area contributed by atoms with Crippen molar-refractivity contribution in [2.75, 3.05) is 70.5 Å². The molecule has 268 valence electrons. The molecule has 2 amide bonds. The zero-order valence-electron chi connectivity index (χ0n) is 28.9. The Kier molecular flexibility index (Phi) is 10.2. The molecular weight excluding hydrogens is 666 g/mol. The lowest BCUT2D eigenvalue weighted by atomic mass is 10.1. The summed E-state index contributed by atoms with van der Waals surface area (Å²) in [5, 5.41) is 11.7. The summed E-state index contributed by atoms with van der Waals surface area (Å²) in [6.45, 7) is 9.20. The molecule has 2 fully saturated rings. The van der Waals surface area contributed by atoms with Crippen LogP contribution in [-0.2, 0) is 19.1 Å². The number of rotatable bonds is 6. The number of amides is 2. The number of halogens is 2. The van der Waals surface area contributed by atoms with E-state index in [-0.39, 0.29) is 35.7 Å². The van der Waals surface area contributed by atoms with E-state index in [1.165, 1.54) is 24.3 Å². The standard InChI is InChI=1S/C21H22FN3O2.C19H18FN3O2/c1-13-11-25(12-14(2)27-13)17-6-4-16(5-7-17)23-10-19-18-8-3-15(22)9-20(18)24-21(19)26;20-13-1-6-16-17(19(24)22-18(16)11-13)12-21-14-2-4-15(5-3-14)23-7-9-25-10-8-23/h3-10,13-14,23H,11-12H2,1-2H3,(H,24,26);1-6,11-12,21H,7-10H2,(H,22,24). The third-order valence-corrected chi connectivity index (χ3v) is 9.19. The number of ether oxygens (including phenoxy) is 2. The van der Waals surface area contributed by atoms with Crippen LogP contribution in [0.3, 0.4) is 0 Å². The van der Waals surface area contributed by atoms with Crippen LogP contribution < -0.4 is 31.1 Å². The topological polar surface area (TPSA) is 107 Å². The number of benzene rings is 4. The van der Waals surface area contributed by atoms with Crippen molar-refractivity contribution in [1.29, 1.82) is 0 Å². The normalized spacial score (nSPS) is 20.8. The Hall–Kier alpha value is -5.72. The zero-order valence-corrected chi connectivity index (χ0v) is 28.9. The minimum absolute atomic E-state index is 0.210. The number of hydrogen-bond acceptors (Lipinski definition) is 8. The van der Waals surface area contributed by atoms with Gasteiger partial charge in [0.25, 0.3) is 11.8 Å². The number of nitrogens with one attached hydrogen (secondary N) is 4. The monoisotopic (exact) mass is 706 g/mol. The molecule has 8 rings (SSSR count). The fraction of sp³-hybridized carbons (Fsp3) is 0.250. The first-order valence-corrected chi connectivity index (χ1v) is 17.3. The lowest BCUT2D eigenvalue weighted by Gasteiger charge is -2.36. The van der Waals surface area contributed by atoms with Crippen molar-refractivity contribution in [2.24, 2.45) is 0 Å². The van der Waals surface area contributed by atoms with Crippen LogP contribution in [0.2, 0.25) is 0 Å². The van der Waals surface area contributed by atoms with E-state index in [2.05, 4.69) is 57.0 Å². The van der Waals surface area contributed by atoms with Crippen molar-refractivity contribution >= 4 is 57.1 Å². The number of fused-ring (bicyclic) bond motifs is 2. The minimum Gasteiger partial charge on any atom is -0.378 e. The van der Waals surface area contributed by atoms with E-state index < -0.39 is 0 Å². The lowest BCUT2D eigenvalue weighted by Crippen LogP contribution is -2.45. The highest BCUT2D eigenvalue weighted by Gasteiger charge is 2.26. The summed E-state index contributed by atoms with van der Waals surface area (Å²) in [6, 6.07) is 24.7. The molecule has 4 aromatic carbocycles. The van der Waals surface area contributed by atoms with Crippen molar-refractivity contribution in [3.05, 3.63) is 120 Å². The lowest BCUT2D eigenvalue weighted by molar-refractivity contribution is -0.111. The highest BCUT2D eigenvalue weighted by molar-refractivity contribution is 6.32. The van der Waals surface area contributed by atoms with E-state index in [4.69, 9.17) is 9.47 Å². The number of carbonyl (C=O) groups is 2. The second-order valence-corrected chi connectivity index (χ2v) is 13.0. The van der Waals surface area contributed by atoms with Crippen LogP contribution in [0.15, 0.2) is 97.3 Å². The van der Waals surface area contributed by atoms with Gasteiger partial charge in [-0.25, -0.2) is 8.78 Å². The summed E-state index contributed by atoms with van der Waals surface area (Å²) in [7, 11) is 0. The fourth-order valence-corrected chi connectivity index (χ4v) is 6.68. The SMILES string of the molecule is CC1CN(c2ccc(NC=C3C(=O)Nc4cc(F)ccc43)cc2)CC(C)O1.O=C1Nc2cc(F)ccc2C1=CNc1ccc(N2CCOCC2)cc1. The molecule has 0 aromatic heterocycles. The first-order chi connectivity index (χ1) is 25.2. The van der Waals surface area contributed by atoms with E-state index in [0.29, 0.717) is 33.6 Å². The van der Waals surface area contributed by atoms with Crippen molar-refractivity contribution in [3.8, 4) is 0 Å². The molecular formula is C40H40F2N6O4. The second kappa shape index (κ2) is 15.3. The van der Waals surface area contributed by atoms with Gasteiger partial charge in [0.2, 0.25) is 0 Å². The van der Waals surface area contributed by atoms with Crippen LogP contribution in [-0.4, -0.2) is 63.4 Å². The van der Waals surface area contributed by atoms with Gasteiger partial charge in [0.05, 0.1) is 47.9 Å². The zero-order chi connectivity index (χ0) is 36.2. The van der Waals surface area contributed by atoms with E-state index in [1.54, 1.807) is 24.5 Å². The maximum Gasteiger partial charge on any atom is 0.257 e. The highest BCUT2D eigenvalue weighted by atomic mass is 19.1. The van der Waals surface area contributed by atoms with Gasteiger partial charge in [0.1, 0.15) is 11.6 Å². The molecule has 12 heteroatoms. The van der Waals surface area contributed by atoms with Crippen molar-refractivity contribution in [2.45, 2.75) is 26.1 Å². The molecule has 4 aromatic rings. The summed E-state index contributed by atoms with van der Waals surface area (Å²) >= 11 is 0. The van der Waals surface area contributed by atoms with E-state index in [0.717, 1.165) is 62.1 Å². The molecule has 4 heterocycles. The molecule has 2 atom stereocenters. The molecule has 10 nitrogen and oxygen atoms in total. The number of morpholine rings is 2. The third-order valence-electron chi connectivity index (χ3n) is 9.19.